The summed E-state index contributed by atoms with van der Waals surface area (Å²) in [4.78, 5) is 9.79. The minimum atomic E-state index is -0.630. The fourth-order valence-corrected chi connectivity index (χ4v) is 1.19. The first-order valence-electron chi connectivity index (χ1n) is 4.32. The van der Waals surface area contributed by atoms with Gasteiger partial charge in [-0.1, -0.05) is 11.6 Å². The molecule has 0 aromatic heterocycles. The molecular formula is C10H16Cl2O. The van der Waals surface area contributed by atoms with Gasteiger partial charge in [0.05, 0.1) is 4.87 Å². The summed E-state index contributed by atoms with van der Waals surface area (Å²) in [5.41, 5.74) is 1.25. The maximum atomic E-state index is 10.4. The number of carbonyl (C=O) groups is 1. The fourth-order valence-electron chi connectivity index (χ4n) is 0.923. The van der Waals surface area contributed by atoms with Crippen molar-refractivity contribution in [3.8, 4) is 0 Å². The summed E-state index contributed by atoms with van der Waals surface area (Å²) < 4.78 is 0. The first kappa shape index (κ1) is 13.0. The first-order valence-corrected chi connectivity index (χ1v) is 5.13. The summed E-state index contributed by atoms with van der Waals surface area (Å²) in [6, 6.07) is 0. The van der Waals surface area contributed by atoms with Crippen molar-refractivity contribution in [2.45, 2.75) is 43.9 Å². The van der Waals surface area contributed by atoms with Gasteiger partial charge in [0.1, 0.15) is 11.7 Å². The Kier molecular flexibility index (Phi) is 5.66. The number of allylic oxidation sites excluding steroid dienone is 2. The second kappa shape index (κ2) is 5.66. The van der Waals surface area contributed by atoms with Gasteiger partial charge in [-0.2, -0.15) is 0 Å². The number of carbonyl (C=O) groups excluding carboxylic acids is 1. The maximum absolute atomic E-state index is 10.4. The molecule has 0 spiro atoms. The summed E-state index contributed by atoms with van der Waals surface area (Å²) in [7, 11) is 0. The zero-order chi connectivity index (χ0) is 10.5. The zero-order valence-electron chi connectivity index (χ0n) is 8.31. The molecule has 0 radical (unpaired) electrons. The van der Waals surface area contributed by atoms with Gasteiger partial charge in [0.25, 0.3) is 0 Å². The molecule has 0 amide bonds. The van der Waals surface area contributed by atoms with Crippen LogP contribution < -0.4 is 0 Å². The van der Waals surface area contributed by atoms with Gasteiger partial charge in [-0.15, -0.1) is 23.2 Å². The van der Waals surface area contributed by atoms with E-state index in [9.17, 15) is 4.79 Å². The van der Waals surface area contributed by atoms with Crippen LogP contribution in [0.1, 0.15) is 33.6 Å². The summed E-state index contributed by atoms with van der Waals surface area (Å²) in [6.07, 6.45) is 4.36. The van der Waals surface area contributed by atoms with Crippen LogP contribution in [0.2, 0.25) is 0 Å². The Hall–Kier alpha value is -0.0100. The topological polar surface area (TPSA) is 17.1 Å². The van der Waals surface area contributed by atoms with E-state index in [0.717, 1.165) is 6.42 Å². The monoisotopic (exact) mass is 222 g/mol. The summed E-state index contributed by atoms with van der Waals surface area (Å²) in [6.45, 7) is 5.85. The van der Waals surface area contributed by atoms with Gasteiger partial charge in [-0.25, -0.2) is 0 Å². The molecule has 0 N–H and O–H groups in total. The molecule has 2 atom stereocenters. The van der Waals surface area contributed by atoms with Crippen molar-refractivity contribution in [1.82, 2.24) is 0 Å². The number of aldehydes is 1. The Labute approximate surface area is 90.1 Å². The Morgan fingerprint density at radius 3 is 2.46 bits per heavy atom. The first-order chi connectivity index (χ1) is 5.90. The highest BCUT2D eigenvalue weighted by Crippen LogP contribution is 2.28. The minimum absolute atomic E-state index is 0.611. The molecule has 0 fully saturated rings. The molecule has 0 aromatic rings. The molecular weight excluding hydrogens is 207 g/mol. The van der Waals surface area contributed by atoms with Crippen molar-refractivity contribution in [3.63, 3.8) is 0 Å². The fraction of sp³-hybridized carbons (Fsp3) is 0.700. The lowest BCUT2D eigenvalue weighted by atomic mass is 10.0. The van der Waals surface area contributed by atoms with Crippen molar-refractivity contribution in [3.05, 3.63) is 11.6 Å². The third kappa shape index (κ3) is 5.33. The van der Waals surface area contributed by atoms with Crippen LogP contribution in [-0.2, 0) is 4.79 Å². The Balaban J connectivity index is 4.03. The Bertz CT molecular complexity index is 193. The van der Waals surface area contributed by atoms with Gasteiger partial charge in [0.15, 0.2) is 0 Å². The molecule has 0 aliphatic rings. The second-order valence-electron chi connectivity index (χ2n) is 3.64. The smallest absolute Gasteiger partial charge is 0.139 e. The highest BCUT2D eigenvalue weighted by molar-refractivity contribution is 6.37. The van der Waals surface area contributed by atoms with Crippen LogP contribution in [0.3, 0.4) is 0 Å². The molecule has 0 heterocycles. The quantitative estimate of drug-likeness (QED) is 0.396. The molecule has 0 rings (SSSR count). The van der Waals surface area contributed by atoms with Gasteiger partial charge in [0, 0.05) is 0 Å². The normalized spacial score (nSPS) is 17.3. The summed E-state index contributed by atoms with van der Waals surface area (Å²) >= 11 is 11.8. The van der Waals surface area contributed by atoms with Crippen LogP contribution in [-0.4, -0.2) is 16.5 Å². The molecule has 3 heteroatoms. The average Bonchev–Trinajstić information content (AvgIpc) is 2.01. The van der Waals surface area contributed by atoms with Gasteiger partial charge in [-0.05, 0) is 33.6 Å². The Morgan fingerprint density at radius 1 is 1.54 bits per heavy atom. The number of rotatable bonds is 5. The van der Waals surface area contributed by atoms with Crippen molar-refractivity contribution >= 4 is 29.5 Å². The SMILES string of the molecule is CC(C)=CCC[C@](C)(Cl)[C@@H](Cl)C=O. The van der Waals surface area contributed by atoms with Crippen LogP contribution in [0.15, 0.2) is 11.6 Å². The second-order valence-corrected chi connectivity index (χ2v) is 4.97. The van der Waals surface area contributed by atoms with Crippen LogP contribution in [0.4, 0.5) is 0 Å². The predicted molar refractivity (Wildman–Crippen MR) is 58.6 cm³/mol. The van der Waals surface area contributed by atoms with E-state index in [4.69, 9.17) is 23.2 Å². The molecule has 0 aliphatic heterocycles. The predicted octanol–water partition coefficient (Wildman–Crippen LogP) is 3.54. The Morgan fingerprint density at radius 2 is 2.08 bits per heavy atom. The van der Waals surface area contributed by atoms with Gasteiger partial charge in [0.2, 0.25) is 0 Å². The summed E-state index contributed by atoms with van der Waals surface area (Å²) in [5, 5.41) is -0.611. The highest BCUT2D eigenvalue weighted by atomic mass is 35.5. The molecule has 0 aliphatic carbocycles. The van der Waals surface area contributed by atoms with E-state index in [-0.39, 0.29) is 0 Å². The lowest BCUT2D eigenvalue weighted by Crippen LogP contribution is -2.30. The van der Waals surface area contributed by atoms with E-state index in [1.807, 2.05) is 13.8 Å². The highest BCUT2D eigenvalue weighted by Gasteiger charge is 2.29. The van der Waals surface area contributed by atoms with E-state index < -0.39 is 10.3 Å². The van der Waals surface area contributed by atoms with Crippen molar-refractivity contribution in [2.75, 3.05) is 0 Å². The molecule has 0 bridgehead atoms. The average molecular weight is 223 g/mol. The molecule has 13 heavy (non-hydrogen) atoms. The molecule has 1 nitrogen and oxygen atoms in total. The van der Waals surface area contributed by atoms with Gasteiger partial charge in [-0.3, -0.25) is 0 Å². The number of hydrogen-bond acceptors (Lipinski definition) is 1. The molecule has 0 unspecified atom stereocenters. The zero-order valence-corrected chi connectivity index (χ0v) is 9.82. The third-order valence-corrected chi connectivity index (χ3v) is 3.00. The van der Waals surface area contributed by atoms with Crippen molar-refractivity contribution in [1.29, 1.82) is 0 Å². The molecule has 0 aromatic carbocycles. The molecule has 76 valence electrons. The van der Waals surface area contributed by atoms with E-state index in [0.29, 0.717) is 12.7 Å². The molecule has 0 saturated heterocycles. The van der Waals surface area contributed by atoms with E-state index in [1.165, 1.54) is 5.57 Å². The number of alkyl halides is 2. The van der Waals surface area contributed by atoms with E-state index in [1.54, 1.807) is 6.92 Å². The lowest BCUT2D eigenvalue weighted by Gasteiger charge is -2.22. The number of hydrogen-bond donors (Lipinski definition) is 0. The summed E-state index contributed by atoms with van der Waals surface area (Å²) in [5.74, 6) is 0. The van der Waals surface area contributed by atoms with Crippen LogP contribution in [0.25, 0.3) is 0 Å². The largest absolute Gasteiger partial charge is 0.302 e. The number of halogens is 2. The van der Waals surface area contributed by atoms with Crippen LogP contribution >= 0.6 is 23.2 Å². The third-order valence-electron chi connectivity index (χ3n) is 1.88. The molecule has 0 saturated carbocycles. The van der Waals surface area contributed by atoms with Crippen LogP contribution in [0, 0.1) is 0 Å². The van der Waals surface area contributed by atoms with E-state index in [2.05, 4.69) is 6.08 Å². The van der Waals surface area contributed by atoms with Crippen LogP contribution in [0.5, 0.6) is 0 Å². The standard InChI is InChI=1S/C10H16Cl2O/c1-8(2)5-4-6-10(3,12)9(11)7-13/h5,7,9H,4,6H2,1-3H3/t9-,10-/m0/s1. The van der Waals surface area contributed by atoms with E-state index >= 15 is 0 Å². The maximum Gasteiger partial charge on any atom is 0.139 e. The van der Waals surface area contributed by atoms with Gasteiger partial charge >= 0.3 is 0 Å². The van der Waals surface area contributed by atoms with Crippen molar-refractivity contribution < 1.29 is 4.79 Å². The minimum Gasteiger partial charge on any atom is -0.302 e. The van der Waals surface area contributed by atoms with Gasteiger partial charge < -0.3 is 4.79 Å². The van der Waals surface area contributed by atoms with Crippen molar-refractivity contribution in [2.24, 2.45) is 0 Å². The lowest BCUT2D eigenvalue weighted by molar-refractivity contribution is -0.108.